The molecular formula is C17H22FN3O5S2. The van der Waals surface area contributed by atoms with Crippen LogP contribution < -0.4 is 9.44 Å². The number of thiol groups is 1. The fourth-order valence-electron chi connectivity index (χ4n) is 2.62. The van der Waals surface area contributed by atoms with E-state index in [9.17, 15) is 26.3 Å². The van der Waals surface area contributed by atoms with Crippen molar-refractivity contribution >= 4 is 20.9 Å². The quantitative estimate of drug-likeness (QED) is 0.436. The first-order valence-electron chi connectivity index (χ1n) is 8.29. The van der Waals surface area contributed by atoms with E-state index in [4.69, 9.17) is 0 Å². The predicted octanol–water partition coefficient (Wildman–Crippen LogP) is 0.846. The Kier molecular flexibility index (Phi) is 7.61. The molecule has 0 spiro atoms. The molecule has 0 aliphatic heterocycles. The number of nitrogens with one attached hydrogen (secondary N) is 2. The van der Waals surface area contributed by atoms with Crippen molar-refractivity contribution in [3.63, 3.8) is 0 Å². The van der Waals surface area contributed by atoms with Gasteiger partial charge in [-0.1, -0.05) is 30.3 Å². The molecule has 0 amide bonds. The maximum absolute atomic E-state index is 13.1. The molecule has 2 rings (SSSR count). The number of nitrogens with zero attached hydrogens (tertiary/aromatic N) is 1. The standard InChI is InChI=1S/C17H22FN3O5S2/c1-11(20-27(23)24)15-8-7-14(10-19-15)12-3-5-13(6-4-12)17(22)16(9-18)21-28(2,25)26/h3-8,10-11,16-17,21-22,27H,9H2,1-2H3,(H,20,23,24)/t11?,16-,17+/m1/s1. The number of halogens is 1. The van der Waals surface area contributed by atoms with Crippen LogP contribution in [0.1, 0.15) is 30.3 Å². The summed E-state index contributed by atoms with van der Waals surface area (Å²) in [5.41, 5.74) is 2.47. The number of aliphatic hydroxyl groups excluding tert-OH is 1. The van der Waals surface area contributed by atoms with Crippen molar-refractivity contribution in [2.24, 2.45) is 0 Å². The monoisotopic (exact) mass is 431 g/mol. The Morgan fingerprint density at radius 2 is 1.75 bits per heavy atom. The van der Waals surface area contributed by atoms with Crippen molar-refractivity contribution in [3.05, 3.63) is 53.9 Å². The molecule has 3 N–H and O–H groups in total. The second kappa shape index (κ2) is 9.52. The maximum atomic E-state index is 13.1. The number of aliphatic hydroxyl groups is 1. The zero-order valence-electron chi connectivity index (χ0n) is 15.2. The van der Waals surface area contributed by atoms with Crippen LogP contribution in [0, 0.1) is 0 Å². The number of aromatic nitrogens is 1. The SMILES string of the molecule is CC(N[SH](=O)=O)c1ccc(-c2ccc([C@H](O)[C@@H](CF)NS(C)(=O)=O)cc2)cn1. The normalized spacial score (nSPS) is 15.3. The maximum Gasteiger partial charge on any atom is 0.209 e. The summed E-state index contributed by atoms with van der Waals surface area (Å²) in [5.74, 6) is 0. The van der Waals surface area contributed by atoms with Crippen molar-refractivity contribution < 1.29 is 26.3 Å². The van der Waals surface area contributed by atoms with Crippen LogP contribution in [-0.4, -0.2) is 45.9 Å². The molecule has 28 heavy (non-hydrogen) atoms. The van der Waals surface area contributed by atoms with Gasteiger partial charge in [-0.15, -0.1) is 0 Å². The van der Waals surface area contributed by atoms with E-state index in [1.54, 1.807) is 49.5 Å². The molecule has 0 bridgehead atoms. The number of hydrogen-bond donors (Lipinski definition) is 4. The van der Waals surface area contributed by atoms with Crippen molar-refractivity contribution in [1.82, 2.24) is 14.4 Å². The summed E-state index contributed by atoms with van der Waals surface area (Å²) < 4.78 is 61.5. The summed E-state index contributed by atoms with van der Waals surface area (Å²) in [5, 5.41) is 10.2. The lowest BCUT2D eigenvalue weighted by Gasteiger charge is -2.21. The number of pyridine rings is 1. The van der Waals surface area contributed by atoms with Gasteiger partial charge in [0.1, 0.15) is 6.67 Å². The zero-order valence-corrected chi connectivity index (χ0v) is 17.0. The largest absolute Gasteiger partial charge is 0.387 e. The average molecular weight is 432 g/mol. The number of benzene rings is 1. The van der Waals surface area contributed by atoms with E-state index in [1.165, 1.54) is 0 Å². The van der Waals surface area contributed by atoms with Crippen LogP contribution in [-0.2, 0) is 20.9 Å². The van der Waals surface area contributed by atoms with Gasteiger partial charge in [0.2, 0.25) is 20.9 Å². The minimum atomic E-state index is -3.66. The number of sulfonamides is 1. The summed E-state index contributed by atoms with van der Waals surface area (Å²) in [6, 6.07) is 8.29. The number of alkyl halides is 1. The third kappa shape index (κ3) is 6.31. The minimum absolute atomic E-state index is 0.365. The molecule has 0 aliphatic rings. The summed E-state index contributed by atoms with van der Waals surface area (Å²) >= 11 is 0. The smallest absolute Gasteiger partial charge is 0.209 e. The van der Waals surface area contributed by atoms with Gasteiger partial charge in [-0.05, 0) is 24.1 Å². The fourth-order valence-corrected chi connectivity index (χ4v) is 3.81. The molecule has 2 aromatic rings. The average Bonchev–Trinajstić information content (AvgIpc) is 2.64. The van der Waals surface area contributed by atoms with Crippen molar-refractivity contribution in [1.29, 1.82) is 0 Å². The molecule has 11 heteroatoms. The first kappa shape index (κ1) is 22.4. The van der Waals surface area contributed by atoms with Crippen molar-refractivity contribution in [3.8, 4) is 11.1 Å². The summed E-state index contributed by atoms with van der Waals surface area (Å²) in [6.07, 6.45) is 1.15. The Hall–Kier alpha value is -1.92. The molecule has 0 fully saturated rings. The number of hydrogen-bond acceptors (Lipinski definition) is 6. The Morgan fingerprint density at radius 3 is 2.21 bits per heavy atom. The third-order valence-corrected chi connectivity index (χ3v) is 5.36. The topological polar surface area (TPSA) is 125 Å². The van der Waals surface area contributed by atoms with Crippen LogP contribution in [0.5, 0.6) is 0 Å². The minimum Gasteiger partial charge on any atom is -0.387 e. The van der Waals surface area contributed by atoms with Gasteiger partial charge in [0, 0.05) is 11.8 Å². The highest BCUT2D eigenvalue weighted by molar-refractivity contribution is 7.88. The van der Waals surface area contributed by atoms with Gasteiger partial charge in [0.15, 0.2) is 0 Å². The van der Waals surface area contributed by atoms with Gasteiger partial charge < -0.3 is 5.11 Å². The lowest BCUT2D eigenvalue weighted by molar-refractivity contribution is 0.125. The molecular weight excluding hydrogens is 409 g/mol. The molecule has 0 aliphatic carbocycles. The van der Waals surface area contributed by atoms with Gasteiger partial charge >= 0.3 is 0 Å². The summed E-state index contributed by atoms with van der Waals surface area (Å²) in [4.78, 5) is 4.24. The summed E-state index contributed by atoms with van der Waals surface area (Å²) in [7, 11) is -6.38. The van der Waals surface area contributed by atoms with Crippen LogP contribution in [0.4, 0.5) is 4.39 Å². The van der Waals surface area contributed by atoms with Crippen LogP contribution >= 0.6 is 0 Å². The second-order valence-electron chi connectivity index (χ2n) is 6.30. The highest BCUT2D eigenvalue weighted by atomic mass is 32.2. The Labute approximate surface area is 165 Å². The molecule has 0 saturated heterocycles. The van der Waals surface area contributed by atoms with Gasteiger partial charge in [-0.2, -0.15) is 0 Å². The molecule has 8 nitrogen and oxygen atoms in total. The van der Waals surface area contributed by atoms with E-state index in [0.29, 0.717) is 11.3 Å². The molecule has 1 aromatic carbocycles. The van der Waals surface area contributed by atoms with Gasteiger partial charge in [0.05, 0.1) is 30.1 Å². The van der Waals surface area contributed by atoms with E-state index in [-0.39, 0.29) is 0 Å². The molecule has 1 heterocycles. The van der Waals surface area contributed by atoms with E-state index in [2.05, 4.69) is 14.4 Å². The Bertz CT molecular complexity index is 955. The molecule has 3 atom stereocenters. The van der Waals surface area contributed by atoms with Crippen LogP contribution in [0.25, 0.3) is 11.1 Å². The van der Waals surface area contributed by atoms with Gasteiger partial charge in [-0.25, -0.2) is 30.7 Å². The fraction of sp³-hybridized carbons (Fsp3) is 0.353. The van der Waals surface area contributed by atoms with Gasteiger partial charge in [0.25, 0.3) is 0 Å². The molecule has 1 aromatic heterocycles. The van der Waals surface area contributed by atoms with E-state index in [0.717, 1.165) is 17.4 Å². The van der Waals surface area contributed by atoms with E-state index >= 15 is 0 Å². The van der Waals surface area contributed by atoms with Crippen molar-refractivity contribution in [2.45, 2.75) is 25.1 Å². The van der Waals surface area contributed by atoms with E-state index in [1.807, 2.05) is 0 Å². The lowest BCUT2D eigenvalue weighted by Crippen LogP contribution is -2.40. The van der Waals surface area contributed by atoms with Crippen LogP contribution in [0.15, 0.2) is 42.6 Å². The molecule has 1 unspecified atom stereocenters. The molecule has 154 valence electrons. The number of rotatable bonds is 9. The predicted molar refractivity (Wildman–Crippen MR) is 104 cm³/mol. The highest BCUT2D eigenvalue weighted by Gasteiger charge is 2.24. The highest BCUT2D eigenvalue weighted by Crippen LogP contribution is 2.24. The molecule has 0 saturated carbocycles. The Balaban J connectivity index is 2.15. The second-order valence-corrected chi connectivity index (χ2v) is 8.85. The zero-order chi connectivity index (χ0) is 20.9. The summed E-state index contributed by atoms with van der Waals surface area (Å²) in [6.45, 7) is 0.623. The first-order chi connectivity index (χ1) is 13.1. The first-order valence-corrected chi connectivity index (χ1v) is 11.4. The van der Waals surface area contributed by atoms with Gasteiger partial charge in [-0.3, -0.25) is 4.98 Å². The third-order valence-electron chi connectivity index (χ3n) is 4.03. The lowest BCUT2D eigenvalue weighted by atomic mass is 9.99. The molecule has 0 radical (unpaired) electrons. The van der Waals surface area contributed by atoms with Crippen LogP contribution in [0.2, 0.25) is 0 Å². The van der Waals surface area contributed by atoms with Crippen LogP contribution in [0.3, 0.4) is 0 Å². The van der Waals surface area contributed by atoms with Crippen molar-refractivity contribution in [2.75, 3.05) is 12.9 Å². The Morgan fingerprint density at radius 1 is 1.14 bits per heavy atom. The van der Waals surface area contributed by atoms with E-state index < -0.39 is 45.8 Å².